The number of pyridine rings is 1. The maximum absolute atomic E-state index is 13.8. The molecule has 2 aromatic heterocycles. The molecule has 11 heteroatoms. The second kappa shape index (κ2) is 13.5. The van der Waals surface area contributed by atoms with Gasteiger partial charge in [-0.15, -0.1) is 0 Å². The van der Waals surface area contributed by atoms with E-state index in [1.165, 1.54) is 28.4 Å². The molecule has 5 aromatic rings. The van der Waals surface area contributed by atoms with Gasteiger partial charge in [0.05, 0.1) is 68.5 Å². The molecule has 3 aromatic carbocycles. The average Bonchev–Trinajstić information content (AvgIpc) is 3.44. The Morgan fingerprint density at radius 2 is 1.09 bits per heavy atom. The van der Waals surface area contributed by atoms with E-state index in [4.69, 9.17) is 42.6 Å². The van der Waals surface area contributed by atoms with Crippen LogP contribution in [0.3, 0.4) is 0 Å². The molecule has 0 aliphatic rings. The monoisotopic (exact) mass is 645 g/mol. The molecule has 0 aliphatic carbocycles. The van der Waals surface area contributed by atoms with Gasteiger partial charge in [-0.2, -0.15) is 0 Å². The van der Waals surface area contributed by atoms with Crippen molar-refractivity contribution in [1.29, 1.82) is 0 Å². The van der Waals surface area contributed by atoms with Crippen LogP contribution in [0.2, 0.25) is 0 Å². The minimum absolute atomic E-state index is 0.0780. The second-order valence-electron chi connectivity index (χ2n) is 10.7. The number of hydrogen-bond donors (Lipinski definition) is 0. The Kier molecular flexibility index (Phi) is 9.46. The molecule has 0 N–H and O–H groups in total. The Morgan fingerprint density at radius 3 is 1.51 bits per heavy atom. The number of nitrogens with zero attached hydrogens (tertiary/aromatic N) is 1. The highest BCUT2D eigenvalue weighted by Crippen LogP contribution is 2.51. The lowest BCUT2D eigenvalue weighted by Gasteiger charge is -2.17. The molecule has 5 rings (SSSR count). The van der Waals surface area contributed by atoms with Gasteiger partial charge in [0, 0.05) is 22.7 Å². The molecule has 0 aliphatic heterocycles. The minimum Gasteiger partial charge on any atom is -0.493 e. The van der Waals surface area contributed by atoms with Gasteiger partial charge in [0.2, 0.25) is 11.5 Å². The quantitative estimate of drug-likeness (QED) is 0.131. The van der Waals surface area contributed by atoms with Crippen LogP contribution < -0.4 is 37.9 Å². The van der Waals surface area contributed by atoms with Gasteiger partial charge in [-0.25, -0.2) is 4.79 Å². The third-order valence-corrected chi connectivity index (χ3v) is 7.85. The van der Waals surface area contributed by atoms with E-state index in [1.807, 2.05) is 54.8 Å². The lowest BCUT2D eigenvalue weighted by atomic mass is 9.93. The van der Waals surface area contributed by atoms with E-state index < -0.39 is 5.97 Å². The van der Waals surface area contributed by atoms with E-state index in [-0.39, 0.29) is 11.8 Å². The molecule has 0 bridgehead atoms. The molecule has 0 spiro atoms. The first-order valence-electron chi connectivity index (χ1n) is 14.7. The van der Waals surface area contributed by atoms with Crippen molar-refractivity contribution in [3.8, 4) is 68.2 Å². The average molecular weight is 646 g/mol. The van der Waals surface area contributed by atoms with Crippen LogP contribution in [-0.2, 0) is 4.74 Å². The number of rotatable bonds is 12. The molecular formula is C36H39NO10. The summed E-state index contributed by atoms with van der Waals surface area (Å²) in [5.74, 6) is 3.08. The third-order valence-electron chi connectivity index (χ3n) is 7.85. The Bertz CT molecular complexity index is 1910. The summed E-state index contributed by atoms with van der Waals surface area (Å²) in [4.78, 5) is 13.8. The molecule has 0 fully saturated rings. The van der Waals surface area contributed by atoms with Gasteiger partial charge in [0.25, 0.3) is 0 Å². The first-order chi connectivity index (χ1) is 22.7. The van der Waals surface area contributed by atoms with E-state index >= 15 is 0 Å². The molecule has 0 saturated carbocycles. The maximum atomic E-state index is 13.8. The second-order valence-corrected chi connectivity index (χ2v) is 10.7. The van der Waals surface area contributed by atoms with Crippen molar-refractivity contribution in [2.24, 2.45) is 0 Å². The normalized spacial score (nSPS) is 11.0. The van der Waals surface area contributed by atoms with Gasteiger partial charge >= 0.3 is 5.97 Å². The summed E-state index contributed by atoms with van der Waals surface area (Å²) in [5, 5.41) is 1.64. The van der Waals surface area contributed by atoms with Crippen LogP contribution in [0.15, 0.2) is 48.7 Å². The van der Waals surface area contributed by atoms with Crippen molar-refractivity contribution < 1.29 is 47.4 Å². The number of carbonyl (C=O) groups is 1. The van der Waals surface area contributed by atoms with E-state index in [0.29, 0.717) is 73.8 Å². The van der Waals surface area contributed by atoms with Crippen molar-refractivity contribution in [3.05, 3.63) is 54.4 Å². The molecule has 47 heavy (non-hydrogen) atoms. The zero-order valence-electron chi connectivity index (χ0n) is 28.2. The lowest BCUT2D eigenvalue weighted by molar-refractivity contribution is 0.0594. The predicted molar refractivity (Wildman–Crippen MR) is 179 cm³/mol. The molecule has 0 radical (unpaired) electrons. The van der Waals surface area contributed by atoms with Crippen LogP contribution in [0, 0.1) is 0 Å². The standard InChI is InChI=1S/C36H39NO10/c1-19(2)47-25-13-20-11-12-37-32(23(20)18-24(25)39-3)30(21-14-26(40-4)34(44-8)27(15-21)41-5)31(33(37)36(38)46-10)22-16-28(42-6)35(45-9)29(17-22)43-7/h11-19H,1-10H3. The Balaban J connectivity index is 2.07. The number of benzene rings is 3. The molecule has 0 saturated heterocycles. The summed E-state index contributed by atoms with van der Waals surface area (Å²) in [6.45, 7) is 3.91. The molecule has 248 valence electrons. The number of carbonyl (C=O) groups excluding carboxylic acids is 1. The first-order valence-corrected chi connectivity index (χ1v) is 14.7. The van der Waals surface area contributed by atoms with E-state index in [2.05, 4.69) is 0 Å². The molecule has 11 nitrogen and oxygen atoms in total. The Hall–Kier alpha value is -5.45. The van der Waals surface area contributed by atoms with Crippen LogP contribution in [-0.4, -0.2) is 73.4 Å². The van der Waals surface area contributed by atoms with Crippen molar-refractivity contribution >= 4 is 22.3 Å². The molecular weight excluding hydrogens is 606 g/mol. The van der Waals surface area contributed by atoms with Gasteiger partial charge in [0.15, 0.2) is 34.5 Å². The number of fused-ring (bicyclic) bond motifs is 3. The first kappa shape index (κ1) is 32.9. The van der Waals surface area contributed by atoms with Crippen LogP contribution >= 0.6 is 0 Å². The fourth-order valence-electron chi connectivity index (χ4n) is 5.89. The number of hydrogen-bond acceptors (Lipinski definition) is 10. The van der Waals surface area contributed by atoms with E-state index in [0.717, 1.165) is 10.8 Å². The topological polar surface area (TPSA) is 105 Å². The van der Waals surface area contributed by atoms with Crippen molar-refractivity contribution in [3.63, 3.8) is 0 Å². The van der Waals surface area contributed by atoms with E-state index in [1.54, 1.807) is 40.6 Å². The number of ether oxygens (including phenoxy) is 9. The maximum Gasteiger partial charge on any atom is 0.355 e. The highest BCUT2D eigenvalue weighted by Gasteiger charge is 2.31. The largest absolute Gasteiger partial charge is 0.493 e. The predicted octanol–water partition coefficient (Wildman–Crippen LogP) is 7.06. The SMILES string of the molecule is COC(=O)c1c(-c2cc(OC)c(OC)c(OC)c2)c(-c2cc(OC)c(OC)c(OC)c2)c2c3cc(OC)c(OC(C)C)cc3ccn12. The van der Waals surface area contributed by atoms with Crippen LogP contribution in [0.1, 0.15) is 24.3 Å². The minimum atomic E-state index is -0.562. The number of esters is 1. The zero-order valence-corrected chi connectivity index (χ0v) is 28.2. The third kappa shape index (κ3) is 5.62. The van der Waals surface area contributed by atoms with Crippen molar-refractivity contribution in [1.82, 2.24) is 4.40 Å². The molecule has 0 atom stereocenters. The van der Waals surface area contributed by atoms with Gasteiger partial charge in [-0.3, -0.25) is 0 Å². The van der Waals surface area contributed by atoms with Crippen molar-refractivity contribution in [2.75, 3.05) is 56.9 Å². The number of aromatic nitrogens is 1. The van der Waals surface area contributed by atoms with Gasteiger partial charge in [0.1, 0.15) is 5.69 Å². The summed E-state index contributed by atoms with van der Waals surface area (Å²) in [6, 6.07) is 13.0. The van der Waals surface area contributed by atoms with Gasteiger partial charge < -0.3 is 47.0 Å². The van der Waals surface area contributed by atoms with Crippen LogP contribution in [0.25, 0.3) is 38.5 Å². The summed E-state index contributed by atoms with van der Waals surface area (Å²) in [7, 11) is 12.2. The van der Waals surface area contributed by atoms with Crippen LogP contribution in [0.4, 0.5) is 0 Å². The Labute approximate surface area is 273 Å². The fraction of sp³-hybridized carbons (Fsp3) is 0.306. The van der Waals surface area contributed by atoms with Gasteiger partial charge in [-0.05, 0) is 72.8 Å². The fourth-order valence-corrected chi connectivity index (χ4v) is 5.89. The highest BCUT2D eigenvalue weighted by molar-refractivity contribution is 6.15. The summed E-state index contributed by atoms with van der Waals surface area (Å²) < 4.78 is 53.3. The summed E-state index contributed by atoms with van der Waals surface area (Å²) in [5.41, 5.74) is 3.44. The zero-order chi connectivity index (χ0) is 34.0. The van der Waals surface area contributed by atoms with Crippen molar-refractivity contribution in [2.45, 2.75) is 20.0 Å². The van der Waals surface area contributed by atoms with Gasteiger partial charge in [-0.1, -0.05) is 0 Å². The summed E-state index contributed by atoms with van der Waals surface area (Å²) >= 11 is 0. The highest BCUT2D eigenvalue weighted by atomic mass is 16.5. The molecule has 0 amide bonds. The molecule has 0 unspecified atom stereocenters. The number of methoxy groups -OCH3 is 8. The lowest BCUT2D eigenvalue weighted by Crippen LogP contribution is -2.08. The van der Waals surface area contributed by atoms with E-state index in [9.17, 15) is 4.79 Å². The smallest absolute Gasteiger partial charge is 0.355 e. The Morgan fingerprint density at radius 1 is 0.596 bits per heavy atom. The van der Waals surface area contributed by atoms with Crippen LogP contribution in [0.5, 0.6) is 46.0 Å². The molecule has 2 heterocycles. The summed E-state index contributed by atoms with van der Waals surface area (Å²) in [6.07, 6.45) is 1.75.